The molecule has 1 amide bonds. The summed E-state index contributed by atoms with van der Waals surface area (Å²) in [6, 6.07) is 8.18. The average molecular weight is 330 g/mol. The summed E-state index contributed by atoms with van der Waals surface area (Å²) in [6.07, 6.45) is 2.69. The van der Waals surface area contributed by atoms with Crippen LogP contribution in [0.1, 0.15) is 19.8 Å². The number of piperazine rings is 1. The molecule has 0 unspecified atom stereocenters. The summed E-state index contributed by atoms with van der Waals surface area (Å²) < 4.78 is 0. The van der Waals surface area contributed by atoms with Gasteiger partial charge in [-0.1, -0.05) is 6.07 Å². The van der Waals surface area contributed by atoms with Gasteiger partial charge < -0.3 is 15.1 Å². The van der Waals surface area contributed by atoms with Gasteiger partial charge in [0.25, 0.3) is 0 Å². The number of amides is 1. The number of carbonyl (C=O) groups is 1. The van der Waals surface area contributed by atoms with Gasteiger partial charge in [-0.15, -0.1) is 0 Å². The minimum Gasteiger partial charge on any atom is -0.369 e. The fraction of sp³-hybridized carbons (Fsp3) is 0.632. The SMILES string of the molecule is CC(=O)Nc1cccc(N2CCN(CC3CCN(C)CC3)CC2)c1. The summed E-state index contributed by atoms with van der Waals surface area (Å²) >= 11 is 0. The summed E-state index contributed by atoms with van der Waals surface area (Å²) in [7, 11) is 2.23. The van der Waals surface area contributed by atoms with Crippen molar-refractivity contribution in [2.75, 3.05) is 63.1 Å². The van der Waals surface area contributed by atoms with Gasteiger partial charge in [0.15, 0.2) is 0 Å². The van der Waals surface area contributed by atoms with Crippen LogP contribution in [0.2, 0.25) is 0 Å². The van der Waals surface area contributed by atoms with Gasteiger partial charge in [-0.2, -0.15) is 0 Å². The summed E-state index contributed by atoms with van der Waals surface area (Å²) in [5.74, 6) is 0.853. The van der Waals surface area contributed by atoms with Crippen LogP contribution >= 0.6 is 0 Å². The summed E-state index contributed by atoms with van der Waals surface area (Å²) in [5, 5.41) is 2.87. The van der Waals surface area contributed by atoms with E-state index < -0.39 is 0 Å². The first-order valence-corrected chi connectivity index (χ1v) is 9.13. The maximum atomic E-state index is 11.2. The molecule has 0 spiro atoms. The second-order valence-corrected chi connectivity index (χ2v) is 7.27. The Labute approximate surface area is 145 Å². The summed E-state index contributed by atoms with van der Waals surface area (Å²) in [4.78, 5) is 18.7. The molecule has 3 rings (SSSR count). The lowest BCUT2D eigenvalue weighted by Gasteiger charge is -2.39. The number of nitrogens with zero attached hydrogens (tertiary/aromatic N) is 3. The zero-order chi connectivity index (χ0) is 16.9. The minimum atomic E-state index is -0.0184. The van der Waals surface area contributed by atoms with E-state index in [1.807, 2.05) is 12.1 Å². The van der Waals surface area contributed by atoms with Crippen LogP contribution in [0.4, 0.5) is 11.4 Å². The molecule has 1 N–H and O–H groups in total. The lowest BCUT2D eigenvalue weighted by Crippen LogP contribution is -2.48. The number of benzene rings is 1. The molecule has 2 aliphatic heterocycles. The highest BCUT2D eigenvalue weighted by Gasteiger charge is 2.23. The van der Waals surface area contributed by atoms with Crippen LogP contribution in [-0.4, -0.2) is 68.6 Å². The third kappa shape index (κ3) is 4.71. The molecular formula is C19H30N4O. The highest BCUT2D eigenvalue weighted by atomic mass is 16.1. The molecule has 1 aromatic carbocycles. The molecule has 0 bridgehead atoms. The predicted molar refractivity (Wildman–Crippen MR) is 99.6 cm³/mol. The van der Waals surface area contributed by atoms with Crippen LogP contribution in [0.3, 0.4) is 0 Å². The van der Waals surface area contributed by atoms with Gasteiger partial charge in [0.05, 0.1) is 0 Å². The van der Waals surface area contributed by atoms with E-state index in [2.05, 4.69) is 39.2 Å². The van der Waals surface area contributed by atoms with E-state index in [9.17, 15) is 4.79 Å². The average Bonchev–Trinajstić information content (AvgIpc) is 2.57. The van der Waals surface area contributed by atoms with Crippen LogP contribution in [0, 0.1) is 5.92 Å². The van der Waals surface area contributed by atoms with Crippen LogP contribution in [0.5, 0.6) is 0 Å². The van der Waals surface area contributed by atoms with E-state index in [0.717, 1.165) is 37.8 Å². The van der Waals surface area contributed by atoms with E-state index >= 15 is 0 Å². The van der Waals surface area contributed by atoms with E-state index in [0.29, 0.717) is 0 Å². The van der Waals surface area contributed by atoms with Crippen molar-refractivity contribution < 1.29 is 4.79 Å². The molecule has 0 aromatic heterocycles. The molecule has 5 nitrogen and oxygen atoms in total. The number of likely N-dealkylation sites (tertiary alicyclic amines) is 1. The third-order valence-corrected chi connectivity index (χ3v) is 5.26. The molecule has 0 aliphatic carbocycles. The molecule has 0 atom stereocenters. The number of nitrogens with one attached hydrogen (secondary N) is 1. The van der Waals surface area contributed by atoms with Gasteiger partial charge >= 0.3 is 0 Å². The first-order chi connectivity index (χ1) is 11.6. The second-order valence-electron chi connectivity index (χ2n) is 7.27. The van der Waals surface area contributed by atoms with Crippen molar-refractivity contribution in [3.05, 3.63) is 24.3 Å². The number of carbonyl (C=O) groups excluding carboxylic acids is 1. The van der Waals surface area contributed by atoms with Crippen molar-refractivity contribution in [2.24, 2.45) is 5.92 Å². The quantitative estimate of drug-likeness (QED) is 0.918. The molecular weight excluding hydrogens is 300 g/mol. The Hall–Kier alpha value is -1.59. The fourth-order valence-electron chi connectivity index (χ4n) is 3.78. The van der Waals surface area contributed by atoms with Crippen molar-refractivity contribution in [3.8, 4) is 0 Å². The molecule has 5 heteroatoms. The van der Waals surface area contributed by atoms with Crippen LogP contribution in [0.15, 0.2) is 24.3 Å². The molecule has 2 heterocycles. The Bertz CT molecular complexity index is 546. The zero-order valence-corrected chi connectivity index (χ0v) is 15.0. The molecule has 1 aromatic rings. The molecule has 2 aliphatic rings. The summed E-state index contributed by atoms with van der Waals surface area (Å²) in [6.45, 7) is 9.71. The lowest BCUT2D eigenvalue weighted by atomic mass is 9.96. The standard InChI is InChI=1S/C19H30N4O/c1-16(24)20-18-4-3-5-19(14-18)23-12-10-22(11-13-23)15-17-6-8-21(2)9-7-17/h3-5,14,17H,6-13,15H2,1-2H3,(H,20,24). The van der Waals surface area contributed by atoms with Gasteiger partial charge in [-0.25, -0.2) is 0 Å². The van der Waals surface area contributed by atoms with Gasteiger partial charge in [0.1, 0.15) is 0 Å². The lowest BCUT2D eigenvalue weighted by molar-refractivity contribution is -0.114. The Kier molecular flexibility index (Phi) is 5.74. The van der Waals surface area contributed by atoms with Crippen molar-refractivity contribution >= 4 is 17.3 Å². The largest absolute Gasteiger partial charge is 0.369 e. The first kappa shape index (κ1) is 17.2. The maximum Gasteiger partial charge on any atom is 0.221 e. The second kappa shape index (κ2) is 7.99. The van der Waals surface area contributed by atoms with Gasteiger partial charge in [0, 0.05) is 51.0 Å². The Morgan fingerprint density at radius 2 is 1.83 bits per heavy atom. The molecule has 2 saturated heterocycles. The zero-order valence-electron chi connectivity index (χ0n) is 15.0. The van der Waals surface area contributed by atoms with Crippen molar-refractivity contribution in [3.63, 3.8) is 0 Å². The van der Waals surface area contributed by atoms with Gasteiger partial charge in [-0.3, -0.25) is 9.69 Å². The number of piperidine rings is 1. The molecule has 132 valence electrons. The van der Waals surface area contributed by atoms with Crippen molar-refractivity contribution in [2.45, 2.75) is 19.8 Å². The van der Waals surface area contributed by atoms with E-state index in [4.69, 9.17) is 0 Å². The summed E-state index contributed by atoms with van der Waals surface area (Å²) in [5.41, 5.74) is 2.09. The van der Waals surface area contributed by atoms with E-state index in [1.54, 1.807) is 6.92 Å². The predicted octanol–water partition coefficient (Wildman–Crippen LogP) is 2.11. The van der Waals surface area contributed by atoms with Crippen LogP contribution < -0.4 is 10.2 Å². The van der Waals surface area contributed by atoms with Crippen LogP contribution in [-0.2, 0) is 4.79 Å². The smallest absolute Gasteiger partial charge is 0.221 e. The molecule has 24 heavy (non-hydrogen) atoms. The van der Waals surface area contributed by atoms with Crippen molar-refractivity contribution in [1.82, 2.24) is 9.80 Å². The molecule has 0 saturated carbocycles. The fourth-order valence-corrected chi connectivity index (χ4v) is 3.78. The minimum absolute atomic E-state index is 0.0184. The van der Waals surface area contributed by atoms with Crippen LogP contribution in [0.25, 0.3) is 0 Å². The first-order valence-electron chi connectivity index (χ1n) is 9.13. The molecule has 2 fully saturated rings. The number of rotatable bonds is 4. The molecule has 0 radical (unpaired) electrons. The normalized spacial score (nSPS) is 21.0. The third-order valence-electron chi connectivity index (χ3n) is 5.26. The van der Waals surface area contributed by atoms with Crippen molar-refractivity contribution in [1.29, 1.82) is 0 Å². The van der Waals surface area contributed by atoms with E-state index in [-0.39, 0.29) is 5.91 Å². The number of hydrogen-bond acceptors (Lipinski definition) is 4. The Morgan fingerprint density at radius 1 is 1.12 bits per heavy atom. The number of hydrogen-bond donors (Lipinski definition) is 1. The monoisotopic (exact) mass is 330 g/mol. The maximum absolute atomic E-state index is 11.2. The van der Waals surface area contributed by atoms with E-state index in [1.165, 1.54) is 38.2 Å². The number of anilines is 2. The highest BCUT2D eigenvalue weighted by molar-refractivity contribution is 5.89. The highest BCUT2D eigenvalue weighted by Crippen LogP contribution is 2.22. The Balaban J connectivity index is 1.49. The topological polar surface area (TPSA) is 38.8 Å². The Morgan fingerprint density at radius 3 is 2.50 bits per heavy atom. The van der Waals surface area contributed by atoms with Gasteiger partial charge in [0.2, 0.25) is 5.91 Å². The van der Waals surface area contributed by atoms with Gasteiger partial charge in [-0.05, 0) is 57.1 Å².